The lowest BCUT2D eigenvalue weighted by Gasteiger charge is -2.28. The van der Waals surface area contributed by atoms with E-state index < -0.39 is 0 Å². The van der Waals surface area contributed by atoms with Gasteiger partial charge in [0.05, 0.1) is 12.6 Å². The van der Waals surface area contributed by atoms with Crippen LogP contribution in [0.3, 0.4) is 0 Å². The van der Waals surface area contributed by atoms with E-state index in [9.17, 15) is 4.79 Å². The second-order valence-electron chi connectivity index (χ2n) is 5.24. The topological polar surface area (TPSA) is 41.6 Å². The van der Waals surface area contributed by atoms with E-state index in [1.54, 1.807) is 7.11 Å². The molecule has 4 heteroatoms. The number of methoxy groups -OCH3 is 1. The van der Waals surface area contributed by atoms with Crippen LogP contribution in [0.15, 0.2) is 0 Å². The van der Waals surface area contributed by atoms with E-state index in [0.717, 1.165) is 51.7 Å². The Labute approximate surface area is 104 Å². The number of likely N-dealkylation sites (tertiary alicyclic amines) is 1. The summed E-state index contributed by atoms with van der Waals surface area (Å²) in [7, 11) is 1.72. The molecule has 2 aliphatic rings. The maximum atomic E-state index is 12.2. The number of rotatable bonds is 4. The van der Waals surface area contributed by atoms with Crippen molar-refractivity contribution in [2.45, 2.75) is 38.1 Å². The van der Waals surface area contributed by atoms with Crippen LogP contribution in [0.2, 0.25) is 0 Å². The second-order valence-corrected chi connectivity index (χ2v) is 5.24. The van der Waals surface area contributed by atoms with Crippen LogP contribution in [0.1, 0.15) is 32.1 Å². The lowest BCUT2D eigenvalue weighted by atomic mass is 9.94. The van der Waals surface area contributed by atoms with Crippen molar-refractivity contribution in [3.05, 3.63) is 0 Å². The maximum Gasteiger partial charge on any atom is 0.223 e. The van der Waals surface area contributed by atoms with Gasteiger partial charge in [0.2, 0.25) is 5.91 Å². The quantitative estimate of drug-likeness (QED) is 0.797. The Morgan fingerprint density at radius 2 is 2.12 bits per heavy atom. The van der Waals surface area contributed by atoms with Crippen molar-refractivity contribution in [3.8, 4) is 0 Å². The van der Waals surface area contributed by atoms with Gasteiger partial charge < -0.3 is 15.0 Å². The molecule has 0 bridgehead atoms. The number of ether oxygens (including phenoxy) is 1. The van der Waals surface area contributed by atoms with Crippen molar-refractivity contribution >= 4 is 5.91 Å². The van der Waals surface area contributed by atoms with Crippen LogP contribution in [-0.4, -0.2) is 50.2 Å². The summed E-state index contributed by atoms with van der Waals surface area (Å²) in [5, 5.41) is 3.34. The van der Waals surface area contributed by atoms with Crippen molar-refractivity contribution in [3.63, 3.8) is 0 Å². The summed E-state index contributed by atoms with van der Waals surface area (Å²) in [4.78, 5) is 14.3. The first-order valence-electron chi connectivity index (χ1n) is 6.80. The Bertz CT molecular complexity index is 252. The molecular weight excluding hydrogens is 216 g/mol. The van der Waals surface area contributed by atoms with Gasteiger partial charge in [0.15, 0.2) is 0 Å². The van der Waals surface area contributed by atoms with Crippen LogP contribution in [0, 0.1) is 5.92 Å². The highest BCUT2D eigenvalue weighted by Gasteiger charge is 2.29. The molecule has 0 unspecified atom stereocenters. The minimum absolute atomic E-state index is 0.328. The van der Waals surface area contributed by atoms with Crippen LogP contribution in [0.4, 0.5) is 0 Å². The minimum atomic E-state index is 0.328. The molecule has 4 nitrogen and oxygen atoms in total. The van der Waals surface area contributed by atoms with Crippen molar-refractivity contribution in [1.82, 2.24) is 10.2 Å². The lowest BCUT2D eigenvalue weighted by Crippen LogP contribution is -2.40. The first-order chi connectivity index (χ1) is 8.31. The fraction of sp³-hybridized carbons (Fsp3) is 0.923. The van der Waals surface area contributed by atoms with Gasteiger partial charge in [-0.25, -0.2) is 0 Å². The van der Waals surface area contributed by atoms with Gasteiger partial charge in [-0.2, -0.15) is 0 Å². The molecule has 2 aliphatic heterocycles. The summed E-state index contributed by atoms with van der Waals surface area (Å²) in [6.45, 7) is 3.76. The van der Waals surface area contributed by atoms with Gasteiger partial charge in [-0.15, -0.1) is 0 Å². The first-order valence-corrected chi connectivity index (χ1v) is 6.80. The molecule has 1 amide bonds. The number of amides is 1. The largest absolute Gasteiger partial charge is 0.383 e. The number of hydrogen-bond acceptors (Lipinski definition) is 3. The Morgan fingerprint density at radius 1 is 1.35 bits per heavy atom. The van der Waals surface area contributed by atoms with Gasteiger partial charge in [0.1, 0.15) is 0 Å². The third-order valence-corrected chi connectivity index (χ3v) is 3.98. The van der Waals surface area contributed by atoms with Gasteiger partial charge in [-0.3, -0.25) is 4.79 Å². The van der Waals surface area contributed by atoms with Crippen molar-refractivity contribution < 1.29 is 9.53 Å². The average Bonchev–Trinajstić information content (AvgIpc) is 2.79. The first kappa shape index (κ1) is 12.8. The molecule has 0 aromatic carbocycles. The van der Waals surface area contributed by atoms with Crippen LogP contribution < -0.4 is 5.32 Å². The van der Waals surface area contributed by atoms with Gasteiger partial charge in [0.25, 0.3) is 0 Å². The van der Waals surface area contributed by atoms with Gasteiger partial charge in [0, 0.05) is 20.1 Å². The van der Waals surface area contributed by atoms with Crippen LogP contribution >= 0.6 is 0 Å². The van der Waals surface area contributed by atoms with E-state index >= 15 is 0 Å². The molecule has 2 rings (SSSR count). The minimum Gasteiger partial charge on any atom is -0.383 e. The van der Waals surface area contributed by atoms with E-state index in [2.05, 4.69) is 5.32 Å². The highest BCUT2D eigenvalue weighted by Crippen LogP contribution is 2.22. The molecular formula is C13H24N2O2. The summed E-state index contributed by atoms with van der Waals surface area (Å²) in [5.41, 5.74) is 0. The van der Waals surface area contributed by atoms with E-state index in [1.807, 2.05) is 4.90 Å². The Hall–Kier alpha value is -0.610. The zero-order valence-electron chi connectivity index (χ0n) is 10.8. The molecule has 1 atom stereocenters. The van der Waals surface area contributed by atoms with Crippen molar-refractivity contribution in [1.29, 1.82) is 0 Å². The van der Waals surface area contributed by atoms with E-state index in [-0.39, 0.29) is 0 Å². The van der Waals surface area contributed by atoms with Crippen LogP contribution in [-0.2, 0) is 9.53 Å². The van der Waals surface area contributed by atoms with E-state index in [0.29, 0.717) is 24.5 Å². The van der Waals surface area contributed by atoms with Gasteiger partial charge in [-0.05, 0) is 44.7 Å². The molecule has 98 valence electrons. The normalized spacial score (nSPS) is 26.4. The average molecular weight is 240 g/mol. The van der Waals surface area contributed by atoms with Gasteiger partial charge >= 0.3 is 0 Å². The molecule has 2 heterocycles. The smallest absolute Gasteiger partial charge is 0.223 e. The molecule has 2 saturated heterocycles. The molecule has 0 spiro atoms. The lowest BCUT2D eigenvalue weighted by molar-refractivity contribution is -0.134. The molecule has 0 aliphatic carbocycles. The predicted octanol–water partition coefficient (Wildman–Crippen LogP) is 1.01. The number of nitrogens with zero attached hydrogens (tertiary/aromatic N) is 1. The Morgan fingerprint density at radius 3 is 2.82 bits per heavy atom. The molecule has 0 radical (unpaired) electrons. The summed E-state index contributed by atoms with van der Waals surface area (Å²) in [6, 6.07) is 0.328. The Balaban J connectivity index is 1.81. The number of nitrogens with one attached hydrogen (secondary N) is 1. The summed E-state index contributed by atoms with van der Waals surface area (Å²) >= 11 is 0. The predicted molar refractivity (Wildman–Crippen MR) is 66.8 cm³/mol. The van der Waals surface area contributed by atoms with Gasteiger partial charge in [-0.1, -0.05) is 0 Å². The molecule has 17 heavy (non-hydrogen) atoms. The third kappa shape index (κ3) is 3.42. The Kier molecular flexibility index (Phi) is 4.80. The van der Waals surface area contributed by atoms with E-state index in [4.69, 9.17) is 4.74 Å². The van der Waals surface area contributed by atoms with Crippen molar-refractivity contribution in [2.75, 3.05) is 33.4 Å². The summed E-state index contributed by atoms with van der Waals surface area (Å²) in [5.74, 6) is 0.934. The third-order valence-electron chi connectivity index (χ3n) is 3.98. The SMILES string of the molecule is COC[C@H]1CCCN1C(=O)CC1CCNCC1. The second kappa shape index (κ2) is 6.36. The number of carbonyl (C=O) groups excluding carboxylic acids is 1. The van der Waals surface area contributed by atoms with Crippen molar-refractivity contribution in [2.24, 2.45) is 5.92 Å². The monoisotopic (exact) mass is 240 g/mol. The summed E-state index contributed by atoms with van der Waals surface area (Å²) < 4.78 is 5.19. The molecule has 0 aromatic heterocycles. The number of piperidine rings is 1. The number of hydrogen-bond donors (Lipinski definition) is 1. The van der Waals surface area contributed by atoms with E-state index in [1.165, 1.54) is 0 Å². The fourth-order valence-corrected chi connectivity index (χ4v) is 2.98. The van der Waals surface area contributed by atoms with Crippen LogP contribution in [0.25, 0.3) is 0 Å². The van der Waals surface area contributed by atoms with Crippen LogP contribution in [0.5, 0.6) is 0 Å². The standard InChI is InChI=1S/C13H24N2O2/c1-17-10-12-3-2-8-15(12)13(16)9-11-4-6-14-7-5-11/h11-12,14H,2-10H2,1H3/t12-/m1/s1. The molecule has 2 fully saturated rings. The molecule has 1 N–H and O–H groups in total. The maximum absolute atomic E-state index is 12.2. The zero-order valence-corrected chi connectivity index (χ0v) is 10.8. The highest BCUT2D eigenvalue weighted by molar-refractivity contribution is 5.77. The highest BCUT2D eigenvalue weighted by atomic mass is 16.5. The molecule has 0 saturated carbocycles. The number of carbonyl (C=O) groups is 1. The fourth-order valence-electron chi connectivity index (χ4n) is 2.98. The molecule has 0 aromatic rings. The summed E-state index contributed by atoms with van der Waals surface area (Å²) in [6.07, 6.45) is 5.27. The zero-order chi connectivity index (χ0) is 12.1.